The Bertz CT molecular complexity index is 774. The van der Waals surface area contributed by atoms with Gasteiger partial charge >= 0.3 is 0 Å². The molecule has 1 aliphatic carbocycles. The van der Waals surface area contributed by atoms with Gasteiger partial charge in [0.2, 0.25) is 0 Å². The number of amides is 1. The maximum Gasteiger partial charge on any atom is 0.254 e. The molecule has 1 fully saturated rings. The highest BCUT2D eigenvalue weighted by Gasteiger charge is 2.40. The largest absolute Gasteiger partial charge is 0.391 e. The second-order valence-electron chi connectivity index (χ2n) is 7.06. The lowest BCUT2D eigenvalue weighted by atomic mass is 9.84. The lowest BCUT2D eigenvalue weighted by Gasteiger charge is -2.45. The standard InChI is InChI=1S/C21H22ClNO2/c22-16-11-9-14(10-12-16)19-13-15-5-1-2-6-17(15)21(25)23(19)18-7-3-4-8-20(18)24/h1-2,5-6,9-12,18-20,24H,3-4,7-8,13H2/t18-,19+,20-/m0/s1. The van der Waals surface area contributed by atoms with E-state index in [-0.39, 0.29) is 18.0 Å². The molecule has 0 spiro atoms. The number of benzene rings is 2. The summed E-state index contributed by atoms with van der Waals surface area (Å²) in [6.07, 6.45) is 4.04. The van der Waals surface area contributed by atoms with Gasteiger partial charge in [0, 0.05) is 10.6 Å². The van der Waals surface area contributed by atoms with Gasteiger partial charge in [-0.25, -0.2) is 0 Å². The number of carbonyl (C=O) groups excluding carboxylic acids is 1. The van der Waals surface area contributed by atoms with Crippen molar-refractivity contribution in [3.8, 4) is 0 Å². The van der Waals surface area contributed by atoms with Crippen LogP contribution in [0, 0.1) is 0 Å². The maximum absolute atomic E-state index is 13.3. The molecule has 0 saturated heterocycles. The second kappa shape index (κ2) is 6.81. The number of aliphatic hydroxyl groups excluding tert-OH is 1. The molecule has 2 aliphatic rings. The van der Waals surface area contributed by atoms with Crippen LogP contribution < -0.4 is 0 Å². The summed E-state index contributed by atoms with van der Waals surface area (Å²) in [5.41, 5.74) is 2.92. The van der Waals surface area contributed by atoms with Crippen LogP contribution in [0.2, 0.25) is 5.02 Å². The Balaban J connectivity index is 1.78. The summed E-state index contributed by atoms with van der Waals surface area (Å²) in [5.74, 6) is 0.0350. The molecule has 1 saturated carbocycles. The van der Waals surface area contributed by atoms with Crippen molar-refractivity contribution in [2.75, 3.05) is 0 Å². The van der Waals surface area contributed by atoms with Crippen molar-refractivity contribution in [2.45, 2.75) is 50.3 Å². The van der Waals surface area contributed by atoms with Crippen LogP contribution in [0.3, 0.4) is 0 Å². The van der Waals surface area contributed by atoms with Crippen molar-refractivity contribution in [1.29, 1.82) is 0 Å². The molecule has 130 valence electrons. The Morgan fingerprint density at radius 1 is 1.00 bits per heavy atom. The number of hydrogen-bond donors (Lipinski definition) is 1. The van der Waals surface area contributed by atoms with E-state index in [4.69, 9.17) is 11.6 Å². The molecule has 25 heavy (non-hydrogen) atoms. The maximum atomic E-state index is 13.3. The molecule has 4 rings (SSSR count). The Labute approximate surface area is 153 Å². The normalized spacial score (nSPS) is 26.4. The van der Waals surface area contributed by atoms with Gasteiger partial charge in [0.1, 0.15) is 0 Å². The summed E-state index contributed by atoms with van der Waals surface area (Å²) in [5, 5.41) is 11.3. The zero-order valence-corrected chi connectivity index (χ0v) is 14.8. The molecular formula is C21H22ClNO2. The third-order valence-corrected chi connectivity index (χ3v) is 5.79. The summed E-state index contributed by atoms with van der Waals surface area (Å²) in [6.45, 7) is 0. The first-order valence-corrected chi connectivity index (χ1v) is 9.37. The van der Waals surface area contributed by atoms with E-state index in [9.17, 15) is 9.90 Å². The number of rotatable bonds is 2. The average molecular weight is 356 g/mol. The van der Waals surface area contributed by atoms with Crippen LogP contribution in [0.15, 0.2) is 48.5 Å². The van der Waals surface area contributed by atoms with Crippen LogP contribution in [-0.2, 0) is 6.42 Å². The predicted molar refractivity (Wildman–Crippen MR) is 98.8 cm³/mol. The summed E-state index contributed by atoms with van der Waals surface area (Å²) in [7, 11) is 0. The third kappa shape index (κ3) is 3.07. The van der Waals surface area contributed by atoms with Crippen LogP contribution in [0.25, 0.3) is 0 Å². The second-order valence-corrected chi connectivity index (χ2v) is 7.50. The molecule has 0 radical (unpaired) electrons. The summed E-state index contributed by atoms with van der Waals surface area (Å²) >= 11 is 6.05. The fourth-order valence-electron chi connectivity index (χ4n) is 4.26. The molecule has 1 aliphatic heterocycles. The fourth-order valence-corrected chi connectivity index (χ4v) is 4.38. The van der Waals surface area contributed by atoms with Gasteiger partial charge in [-0.2, -0.15) is 0 Å². The van der Waals surface area contributed by atoms with Gasteiger partial charge in [0.25, 0.3) is 5.91 Å². The van der Waals surface area contributed by atoms with E-state index in [0.29, 0.717) is 5.02 Å². The molecular weight excluding hydrogens is 334 g/mol. The highest BCUT2D eigenvalue weighted by Crippen LogP contribution is 2.38. The molecule has 2 aromatic carbocycles. The van der Waals surface area contributed by atoms with Crippen LogP contribution in [-0.4, -0.2) is 28.1 Å². The van der Waals surface area contributed by atoms with Crippen molar-refractivity contribution in [3.63, 3.8) is 0 Å². The topological polar surface area (TPSA) is 40.5 Å². The van der Waals surface area contributed by atoms with Crippen LogP contribution in [0.5, 0.6) is 0 Å². The van der Waals surface area contributed by atoms with E-state index >= 15 is 0 Å². The van der Waals surface area contributed by atoms with Gasteiger partial charge in [0.15, 0.2) is 0 Å². The molecule has 0 unspecified atom stereocenters. The van der Waals surface area contributed by atoms with Crippen molar-refractivity contribution in [2.24, 2.45) is 0 Å². The molecule has 4 heteroatoms. The number of fused-ring (bicyclic) bond motifs is 1. The van der Waals surface area contributed by atoms with Crippen molar-refractivity contribution in [3.05, 3.63) is 70.2 Å². The molecule has 1 heterocycles. The summed E-state index contributed by atoms with van der Waals surface area (Å²) in [4.78, 5) is 15.2. The predicted octanol–water partition coefficient (Wildman–Crippen LogP) is 4.38. The Kier molecular flexibility index (Phi) is 4.53. The molecule has 0 aromatic heterocycles. The van der Waals surface area contributed by atoms with Crippen LogP contribution in [0.4, 0.5) is 0 Å². The minimum Gasteiger partial charge on any atom is -0.391 e. The highest BCUT2D eigenvalue weighted by atomic mass is 35.5. The van der Waals surface area contributed by atoms with Gasteiger partial charge in [-0.3, -0.25) is 4.79 Å². The SMILES string of the molecule is O=C1c2ccccc2C[C@H](c2ccc(Cl)cc2)N1[C@H]1CCCC[C@@H]1O. The molecule has 3 nitrogen and oxygen atoms in total. The Hall–Kier alpha value is -1.84. The fraction of sp³-hybridized carbons (Fsp3) is 0.381. The minimum atomic E-state index is -0.447. The number of halogens is 1. The van der Waals surface area contributed by atoms with Gasteiger partial charge < -0.3 is 10.0 Å². The third-order valence-electron chi connectivity index (χ3n) is 5.54. The van der Waals surface area contributed by atoms with Gasteiger partial charge in [-0.05, 0) is 48.6 Å². The van der Waals surface area contributed by atoms with Gasteiger partial charge in [-0.1, -0.05) is 54.8 Å². The summed E-state index contributed by atoms with van der Waals surface area (Å²) < 4.78 is 0. The van der Waals surface area contributed by atoms with E-state index in [2.05, 4.69) is 0 Å². The lowest BCUT2D eigenvalue weighted by molar-refractivity contribution is -0.000815. The van der Waals surface area contributed by atoms with Crippen LogP contribution in [0.1, 0.15) is 53.2 Å². The van der Waals surface area contributed by atoms with Crippen molar-refractivity contribution in [1.82, 2.24) is 4.90 Å². The quantitative estimate of drug-likeness (QED) is 0.868. The summed E-state index contributed by atoms with van der Waals surface area (Å²) in [6, 6.07) is 15.4. The monoisotopic (exact) mass is 355 g/mol. The molecule has 2 aromatic rings. The van der Waals surface area contributed by atoms with E-state index in [1.54, 1.807) is 0 Å². The zero-order chi connectivity index (χ0) is 17.4. The van der Waals surface area contributed by atoms with Crippen molar-refractivity contribution < 1.29 is 9.90 Å². The molecule has 3 atom stereocenters. The molecule has 1 amide bonds. The highest BCUT2D eigenvalue weighted by molar-refractivity contribution is 6.30. The van der Waals surface area contributed by atoms with E-state index < -0.39 is 6.10 Å². The number of carbonyl (C=O) groups is 1. The first-order chi connectivity index (χ1) is 12.1. The molecule has 1 N–H and O–H groups in total. The zero-order valence-electron chi connectivity index (χ0n) is 14.1. The van der Waals surface area contributed by atoms with E-state index in [0.717, 1.165) is 48.8 Å². The number of nitrogens with zero attached hydrogens (tertiary/aromatic N) is 1. The average Bonchev–Trinajstić information content (AvgIpc) is 2.63. The smallest absolute Gasteiger partial charge is 0.254 e. The van der Waals surface area contributed by atoms with E-state index in [1.165, 1.54) is 0 Å². The van der Waals surface area contributed by atoms with E-state index in [1.807, 2.05) is 53.4 Å². The lowest BCUT2D eigenvalue weighted by Crippen LogP contribution is -2.52. The number of hydrogen-bond acceptors (Lipinski definition) is 2. The Morgan fingerprint density at radius 2 is 1.72 bits per heavy atom. The first kappa shape index (κ1) is 16.6. The van der Waals surface area contributed by atoms with Crippen LogP contribution >= 0.6 is 11.6 Å². The van der Waals surface area contributed by atoms with Gasteiger partial charge in [-0.15, -0.1) is 0 Å². The van der Waals surface area contributed by atoms with Gasteiger partial charge in [0.05, 0.1) is 18.2 Å². The van der Waals surface area contributed by atoms with Crippen molar-refractivity contribution >= 4 is 17.5 Å². The number of aliphatic hydroxyl groups is 1. The Morgan fingerprint density at radius 3 is 2.48 bits per heavy atom. The molecule has 0 bridgehead atoms. The first-order valence-electron chi connectivity index (χ1n) is 8.99. The minimum absolute atomic E-state index is 0.0350.